The molecule has 0 radical (unpaired) electrons. The lowest BCUT2D eigenvalue weighted by Gasteiger charge is -2.42. The van der Waals surface area contributed by atoms with Crippen LogP contribution in [0.5, 0.6) is 0 Å². The highest BCUT2D eigenvalue weighted by atomic mass is 16.6. The molecule has 130 valence electrons. The molecular weight excluding hydrogens is 308 g/mol. The Hall–Kier alpha value is -1.68. The number of likely N-dealkylation sites (tertiary alicyclic amines) is 1. The lowest BCUT2D eigenvalue weighted by atomic mass is 9.91. The zero-order valence-electron chi connectivity index (χ0n) is 12.8. The van der Waals surface area contributed by atoms with E-state index in [2.05, 4.69) is 4.74 Å². The molecule has 23 heavy (non-hydrogen) atoms. The van der Waals surface area contributed by atoms with Gasteiger partial charge in [-0.2, -0.15) is 0 Å². The third kappa shape index (κ3) is 3.47. The van der Waals surface area contributed by atoms with Crippen molar-refractivity contribution < 1.29 is 34.4 Å². The lowest BCUT2D eigenvalue weighted by Crippen LogP contribution is -2.62. The van der Waals surface area contributed by atoms with Crippen LogP contribution in [0.25, 0.3) is 0 Å². The van der Waals surface area contributed by atoms with Gasteiger partial charge in [-0.15, -0.1) is 0 Å². The number of amides is 1. The Balaban J connectivity index is 2.33. The predicted molar refractivity (Wildman–Crippen MR) is 76.8 cm³/mol. The van der Waals surface area contributed by atoms with Crippen molar-refractivity contribution in [2.75, 3.05) is 20.3 Å². The molecule has 2 rings (SSSR count). The molecule has 0 bridgehead atoms. The van der Waals surface area contributed by atoms with Gasteiger partial charge in [-0.05, 0) is 12.5 Å². The molecule has 1 amide bonds. The number of carbonyl (C=O) groups excluding carboxylic acids is 2. The van der Waals surface area contributed by atoms with E-state index in [1.54, 1.807) is 0 Å². The highest BCUT2D eigenvalue weighted by Crippen LogP contribution is 2.28. The van der Waals surface area contributed by atoms with E-state index in [4.69, 9.17) is 15.6 Å². The summed E-state index contributed by atoms with van der Waals surface area (Å²) in [5.41, 5.74) is 6.06. The Morgan fingerprint density at radius 2 is 2.26 bits per heavy atom. The van der Waals surface area contributed by atoms with E-state index in [0.717, 1.165) is 0 Å². The molecule has 0 saturated carbocycles. The van der Waals surface area contributed by atoms with E-state index >= 15 is 0 Å². The first kappa shape index (κ1) is 17.7. The van der Waals surface area contributed by atoms with E-state index in [1.807, 2.05) is 0 Å². The molecular formula is C14H22N2O7. The van der Waals surface area contributed by atoms with Crippen molar-refractivity contribution >= 4 is 11.9 Å². The van der Waals surface area contributed by atoms with Crippen molar-refractivity contribution in [3.8, 4) is 0 Å². The van der Waals surface area contributed by atoms with Gasteiger partial charge in [0.25, 0.3) is 0 Å². The van der Waals surface area contributed by atoms with Gasteiger partial charge in [0.1, 0.15) is 18.3 Å². The quantitative estimate of drug-likeness (QED) is 0.404. The van der Waals surface area contributed by atoms with Gasteiger partial charge < -0.3 is 35.4 Å². The van der Waals surface area contributed by atoms with Gasteiger partial charge in [-0.3, -0.25) is 4.79 Å². The summed E-state index contributed by atoms with van der Waals surface area (Å²) in [6.07, 6.45) is -1.84. The van der Waals surface area contributed by atoms with Gasteiger partial charge in [0.15, 0.2) is 0 Å². The number of aliphatic hydroxyl groups is 3. The maximum absolute atomic E-state index is 12.0. The fourth-order valence-electron chi connectivity index (χ4n) is 2.93. The van der Waals surface area contributed by atoms with Gasteiger partial charge in [0.05, 0.1) is 25.8 Å². The minimum Gasteiger partial charge on any atom is -0.478 e. The van der Waals surface area contributed by atoms with Crippen LogP contribution in [0.3, 0.4) is 0 Å². The molecule has 2 aliphatic heterocycles. The van der Waals surface area contributed by atoms with Crippen LogP contribution in [0.1, 0.15) is 12.8 Å². The topological polar surface area (TPSA) is 143 Å². The molecule has 9 nitrogen and oxygen atoms in total. The van der Waals surface area contributed by atoms with E-state index in [0.29, 0.717) is 19.4 Å². The average Bonchev–Trinajstić information content (AvgIpc) is 2.97. The molecule has 0 aromatic heterocycles. The molecule has 2 heterocycles. The van der Waals surface area contributed by atoms with Crippen molar-refractivity contribution in [1.82, 2.24) is 4.90 Å². The summed E-state index contributed by atoms with van der Waals surface area (Å²) in [7, 11) is 1.17. The summed E-state index contributed by atoms with van der Waals surface area (Å²) in [5, 5.41) is 29.0. The summed E-state index contributed by atoms with van der Waals surface area (Å²) in [5.74, 6) is -1.11. The standard InChI is InChI=1S/C14H22N2O7/c1-22-14(21)9-5-7(15)11(16-4-2-3-10(16)19)13(23-9)12(20)8(18)6-17/h5,7-8,11-13,17-18,20H,2-4,6,15H2,1H3/t7-,8+,11+,12+,13+/m0/s1. The minimum absolute atomic E-state index is 0.139. The SMILES string of the molecule is COC(=O)C1=C[C@H](N)[C@@H](N2CCCC2=O)[C@H]([C@H](O)[C@H](O)CO)O1. The number of aliphatic hydroxyl groups excluding tert-OH is 3. The Kier molecular flexibility index (Phi) is 5.58. The maximum atomic E-state index is 12.0. The lowest BCUT2D eigenvalue weighted by molar-refractivity contribution is -0.155. The molecule has 0 aliphatic carbocycles. The van der Waals surface area contributed by atoms with E-state index < -0.39 is 43.0 Å². The van der Waals surface area contributed by atoms with Gasteiger partial charge >= 0.3 is 5.97 Å². The molecule has 2 aliphatic rings. The smallest absolute Gasteiger partial charge is 0.373 e. The summed E-state index contributed by atoms with van der Waals surface area (Å²) in [6.45, 7) is -0.255. The number of nitrogens with zero attached hydrogens (tertiary/aromatic N) is 1. The highest BCUT2D eigenvalue weighted by Gasteiger charge is 2.46. The molecule has 0 aromatic carbocycles. The van der Waals surface area contributed by atoms with Crippen LogP contribution >= 0.6 is 0 Å². The van der Waals surface area contributed by atoms with Gasteiger partial charge in [0.2, 0.25) is 11.7 Å². The van der Waals surface area contributed by atoms with Crippen molar-refractivity contribution in [3.63, 3.8) is 0 Å². The number of hydrogen-bond acceptors (Lipinski definition) is 8. The summed E-state index contributed by atoms with van der Waals surface area (Å²) >= 11 is 0. The summed E-state index contributed by atoms with van der Waals surface area (Å²) in [4.78, 5) is 25.2. The molecule has 0 aromatic rings. The maximum Gasteiger partial charge on any atom is 0.373 e. The first-order valence-corrected chi connectivity index (χ1v) is 7.39. The zero-order valence-corrected chi connectivity index (χ0v) is 12.8. The third-order valence-corrected chi connectivity index (χ3v) is 4.11. The van der Waals surface area contributed by atoms with Crippen molar-refractivity contribution in [2.24, 2.45) is 5.73 Å². The van der Waals surface area contributed by atoms with Gasteiger partial charge in [-0.1, -0.05) is 0 Å². The first-order chi connectivity index (χ1) is 10.9. The number of ether oxygens (including phenoxy) is 2. The second kappa shape index (κ2) is 7.26. The largest absolute Gasteiger partial charge is 0.478 e. The summed E-state index contributed by atoms with van der Waals surface area (Å²) < 4.78 is 10.0. The van der Waals surface area contributed by atoms with Crippen LogP contribution in [0.15, 0.2) is 11.8 Å². The van der Waals surface area contributed by atoms with E-state index in [-0.39, 0.29) is 11.7 Å². The second-order valence-corrected chi connectivity index (χ2v) is 5.60. The molecule has 0 spiro atoms. The molecule has 1 saturated heterocycles. The predicted octanol–water partition coefficient (Wildman–Crippen LogP) is -2.53. The van der Waals surface area contributed by atoms with E-state index in [1.165, 1.54) is 18.1 Å². The number of hydrogen-bond donors (Lipinski definition) is 4. The van der Waals surface area contributed by atoms with Crippen LogP contribution in [-0.2, 0) is 19.1 Å². The number of nitrogens with two attached hydrogens (primary N) is 1. The average molecular weight is 330 g/mol. The minimum atomic E-state index is -1.53. The fraction of sp³-hybridized carbons (Fsp3) is 0.714. The summed E-state index contributed by atoms with van der Waals surface area (Å²) in [6, 6.07) is -1.54. The number of rotatable bonds is 5. The van der Waals surface area contributed by atoms with Gasteiger partial charge in [0, 0.05) is 13.0 Å². The van der Waals surface area contributed by atoms with Gasteiger partial charge in [-0.25, -0.2) is 4.79 Å². The number of carbonyl (C=O) groups is 2. The molecule has 0 unspecified atom stereocenters. The molecule has 5 N–H and O–H groups in total. The molecule has 1 fully saturated rings. The molecule has 9 heteroatoms. The van der Waals surface area contributed by atoms with Crippen LogP contribution in [-0.4, -0.2) is 82.8 Å². The van der Waals surface area contributed by atoms with Crippen molar-refractivity contribution in [1.29, 1.82) is 0 Å². The van der Waals surface area contributed by atoms with Crippen molar-refractivity contribution in [3.05, 3.63) is 11.8 Å². The Labute approximate surface area is 133 Å². The number of esters is 1. The number of methoxy groups -OCH3 is 1. The third-order valence-electron chi connectivity index (χ3n) is 4.11. The Morgan fingerprint density at radius 1 is 1.57 bits per heavy atom. The normalized spacial score (nSPS) is 30.5. The Morgan fingerprint density at radius 3 is 2.78 bits per heavy atom. The van der Waals surface area contributed by atoms with Crippen LogP contribution in [0, 0.1) is 0 Å². The highest BCUT2D eigenvalue weighted by molar-refractivity contribution is 5.86. The first-order valence-electron chi connectivity index (χ1n) is 7.39. The monoisotopic (exact) mass is 330 g/mol. The molecule has 5 atom stereocenters. The van der Waals surface area contributed by atoms with Crippen LogP contribution < -0.4 is 5.73 Å². The zero-order chi connectivity index (χ0) is 17.1. The van der Waals surface area contributed by atoms with E-state index in [9.17, 15) is 19.8 Å². The Bertz CT molecular complexity index is 496. The fourth-order valence-corrected chi connectivity index (χ4v) is 2.93. The van der Waals surface area contributed by atoms with Crippen LogP contribution in [0.2, 0.25) is 0 Å². The van der Waals surface area contributed by atoms with Crippen LogP contribution in [0.4, 0.5) is 0 Å². The second-order valence-electron chi connectivity index (χ2n) is 5.60. The van der Waals surface area contributed by atoms with Crippen molar-refractivity contribution in [2.45, 2.75) is 43.2 Å².